The molecule has 1 saturated carbocycles. The van der Waals surface area contributed by atoms with Crippen LogP contribution in [-0.4, -0.2) is 42.1 Å². The molecule has 1 fully saturated rings. The SMILES string of the molecule is CNc1nccc(-c2cccnc2Oc2cc(F)c(NS(=O)(=O)CC3CC(F)(F)C3)c(F)c2F)n1. The van der Waals surface area contributed by atoms with Gasteiger partial charge in [0.25, 0.3) is 0 Å². The summed E-state index contributed by atoms with van der Waals surface area (Å²) in [6.07, 6.45) is 1.43. The van der Waals surface area contributed by atoms with Gasteiger partial charge in [0.05, 0.1) is 17.0 Å². The molecule has 186 valence electrons. The molecule has 4 rings (SSSR count). The average molecular weight is 515 g/mol. The first-order valence-electron chi connectivity index (χ1n) is 10.2. The Morgan fingerprint density at radius 3 is 2.54 bits per heavy atom. The van der Waals surface area contributed by atoms with Crippen molar-refractivity contribution in [1.29, 1.82) is 0 Å². The molecule has 0 unspecified atom stereocenters. The lowest BCUT2D eigenvalue weighted by Crippen LogP contribution is -2.40. The number of anilines is 2. The third-order valence-corrected chi connectivity index (χ3v) is 6.57. The molecule has 2 aromatic heterocycles. The molecule has 1 aromatic carbocycles. The normalized spacial score (nSPS) is 15.4. The topological polar surface area (TPSA) is 106 Å². The number of hydrogen-bond acceptors (Lipinski definition) is 7. The summed E-state index contributed by atoms with van der Waals surface area (Å²) in [4.78, 5) is 12.1. The van der Waals surface area contributed by atoms with E-state index in [1.54, 1.807) is 11.8 Å². The van der Waals surface area contributed by atoms with Crippen LogP contribution in [0.1, 0.15) is 12.8 Å². The van der Waals surface area contributed by atoms with Gasteiger partial charge in [-0.25, -0.2) is 40.9 Å². The van der Waals surface area contributed by atoms with E-state index in [2.05, 4.69) is 20.3 Å². The van der Waals surface area contributed by atoms with Crippen LogP contribution in [0.4, 0.5) is 33.6 Å². The lowest BCUT2D eigenvalue weighted by molar-refractivity contribution is -0.103. The Hall–Kier alpha value is -3.55. The number of pyridine rings is 1. The van der Waals surface area contributed by atoms with E-state index in [0.717, 1.165) is 0 Å². The Balaban J connectivity index is 1.59. The van der Waals surface area contributed by atoms with Gasteiger partial charge in [0.2, 0.25) is 33.6 Å². The lowest BCUT2D eigenvalue weighted by atomic mass is 9.83. The summed E-state index contributed by atoms with van der Waals surface area (Å²) in [6.45, 7) is 0. The van der Waals surface area contributed by atoms with Crippen molar-refractivity contribution in [3.05, 3.63) is 54.1 Å². The van der Waals surface area contributed by atoms with Crippen molar-refractivity contribution < 1.29 is 35.1 Å². The highest BCUT2D eigenvalue weighted by molar-refractivity contribution is 7.92. The maximum absolute atomic E-state index is 14.7. The summed E-state index contributed by atoms with van der Waals surface area (Å²) in [6, 6.07) is 5.03. The van der Waals surface area contributed by atoms with Crippen LogP contribution in [0.2, 0.25) is 0 Å². The van der Waals surface area contributed by atoms with Gasteiger partial charge >= 0.3 is 0 Å². The van der Waals surface area contributed by atoms with Crippen LogP contribution in [0.5, 0.6) is 11.6 Å². The number of rotatable bonds is 8. The average Bonchev–Trinajstić information content (AvgIpc) is 2.79. The van der Waals surface area contributed by atoms with Gasteiger partial charge in [-0.2, -0.15) is 4.39 Å². The van der Waals surface area contributed by atoms with E-state index in [9.17, 15) is 30.4 Å². The van der Waals surface area contributed by atoms with Crippen LogP contribution >= 0.6 is 0 Å². The number of aromatic nitrogens is 3. The van der Waals surface area contributed by atoms with Gasteiger partial charge in [-0.3, -0.25) is 4.72 Å². The van der Waals surface area contributed by atoms with Gasteiger partial charge in [-0.15, -0.1) is 0 Å². The molecule has 1 aliphatic carbocycles. The van der Waals surface area contributed by atoms with Gasteiger partial charge < -0.3 is 10.1 Å². The molecule has 2 heterocycles. The summed E-state index contributed by atoms with van der Waals surface area (Å²) in [5.41, 5.74) is -0.704. The van der Waals surface area contributed by atoms with Crippen molar-refractivity contribution in [3.8, 4) is 22.9 Å². The Morgan fingerprint density at radius 2 is 1.86 bits per heavy atom. The second-order valence-corrected chi connectivity index (χ2v) is 9.61. The second-order valence-electron chi connectivity index (χ2n) is 7.85. The fourth-order valence-corrected chi connectivity index (χ4v) is 4.99. The monoisotopic (exact) mass is 515 g/mol. The quantitative estimate of drug-likeness (QED) is 0.334. The van der Waals surface area contributed by atoms with E-state index >= 15 is 0 Å². The minimum Gasteiger partial charge on any atom is -0.435 e. The second kappa shape index (κ2) is 9.24. The van der Waals surface area contributed by atoms with Crippen molar-refractivity contribution >= 4 is 21.7 Å². The Bertz CT molecular complexity index is 1370. The first-order chi connectivity index (χ1) is 16.5. The van der Waals surface area contributed by atoms with Crippen LogP contribution in [0, 0.1) is 23.4 Å². The number of benzene rings is 1. The number of hydrogen-bond donors (Lipinski definition) is 2. The number of nitrogens with one attached hydrogen (secondary N) is 2. The van der Waals surface area contributed by atoms with Crippen LogP contribution < -0.4 is 14.8 Å². The number of ether oxygens (including phenoxy) is 1. The molecule has 14 heteroatoms. The predicted molar refractivity (Wildman–Crippen MR) is 116 cm³/mol. The number of alkyl halides is 2. The van der Waals surface area contributed by atoms with E-state index in [4.69, 9.17) is 4.74 Å². The lowest BCUT2D eigenvalue weighted by Gasteiger charge is -2.34. The maximum Gasteiger partial charge on any atom is 0.248 e. The molecule has 0 amide bonds. The zero-order valence-corrected chi connectivity index (χ0v) is 18.8. The van der Waals surface area contributed by atoms with E-state index < -0.39 is 69.3 Å². The van der Waals surface area contributed by atoms with Crippen LogP contribution in [-0.2, 0) is 10.0 Å². The molecule has 35 heavy (non-hydrogen) atoms. The molecule has 0 saturated heterocycles. The summed E-state index contributed by atoms with van der Waals surface area (Å²) in [7, 11) is -2.84. The van der Waals surface area contributed by atoms with E-state index in [1.807, 2.05) is 0 Å². The summed E-state index contributed by atoms with van der Waals surface area (Å²) in [5, 5.41) is 2.74. The molecule has 0 bridgehead atoms. The maximum atomic E-state index is 14.7. The molecular weight excluding hydrogens is 497 g/mol. The molecule has 3 aromatic rings. The first kappa shape index (κ1) is 24.6. The number of sulfonamides is 1. The van der Waals surface area contributed by atoms with Crippen LogP contribution in [0.3, 0.4) is 0 Å². The predicted octanol–water partition coefficient (Wildman–Crippen LogP) is 4.58. The summed E-state index contributed by atoms with van der Waals surface area (Å²) < 4.78 is 101. The van der Waals surface area contributed by atoms with Gasteiger partial charge in [0.1, 0.15) is 5.69 Å². The Labute approximate surface area is 196 Å². The fourth-order valence-electron chi connectivity index (χ4n) is 3.55. The summed E-state index contributed by atoms with van der Waals surface area (Å²) >= 11 is 0. The zero-order chi connectivity index (χ0) is 25.4. The van der Waals surface area contributed by atoms with Gasteiger partial charge in [0.15, 0.2) is 17.4 Å². The molecule has 0 aliphatic heterocycles. The number of halogens is 5. The third-order valence-electron chi connectivity index (χ3n) is 5.15. The summed E-state index contributed by atoms with van der Waals surface area (Å²) in [5.74, 6) is -10.5. The minimum atomic E-state index is -4.43. The van der Waals surface area contributed by atoms with Crippen molar-refractivity contribution in [2.24, 2.45) is 5.92 Å². The Morgan fingerprint density at radius 1 is 1.11 bits per heavy atom. The van der Waals surface area contributed by atoms with Crippen molar-refractivity contribution in [1.82, 2.24) is 15.0 Å². The fraction of sp³-hybridized carbons (Fsp3) is 0.286. The molecule has 0 radical (unpaired) electrons. The van der Waals surface area contributed by atoms with Crippen LogP contribution in [0.25, 0.3) is 11.3 Å². The third kappa shape index (κ3) is 5.42. The van der Waals surface area contributed by atoms with Gasteiger partial charge in [-0.1, -0.05) is 0 Å². The Kier molecular flexibility index (Phi) is 6.49. The van der Waals surface area contributed by atoms with Gasteiger partial charge in [0, 0.05) is 38.3 Å². The smallest absolute Gasteiger partial charge is 0.248 e. The van der Waals surface area contributed by atoms with Crippen molar-refractivity contribution in [2.75, 3.05) is 22.8 Å². The zero-order valence-electron chi connectivity index (χ0n) is 18.0. The molecule has 1 aliphatic rings. The molecule has 8 nitrogen and oxygen atoms in total. The van der Waals surface area contributed by atoms with E-state index in [0.29, 0.717) is 11.8 Å². The van der Waals surface area contributed by atoms with E-state index in [-0.39, 0.29) is 17.4 Å². The molecule has 0 spiro atoms. The standard InChI is InChI=1S/C21H18F5N5O3S/c1-27-20-29-6-4-14(30-20)12-3-2-5-28-19(12)34-15-7-13(22)18(17(24)16(15)23)31-35(32,33)10-11-8-21(25,26)9-11/h2-7,11,31H,8-10H2,1H3,(H,27,29,30). The van der Waals surface area contributed by atoms with Crippen molar-refractivity contribution in [2.45, 2.75) is 18.8 Å². The largest absolute Gasteiger partial charge is 0.435 e. The first-order valence-corrected chi connectivity index (χ1v) is 11.8. The highest BCUT2D eigenvalue weighted by atomic mass is 32.2. The highest BCUT2D eigenvalue weighted by Gasteiger charge is 2.46. The molecule has 0 atom stereocenters. The van der Waals surface area contributed by atoms with Crippen molar-refractivity contribution in [3.63, 3.8) is 0 Å². The molecule has 2 N–H and O–H groups in total. The van der Waals surface area contributed by atoms with E-state index in [1.165, 1.54) is 30.6 Å². The molecular formula is C21H18F5N5O3S. The number of nitrogens with zero attached hydrogens (tertiary/aromatic N) is 3. The highest BCUT2D eigenvalue weighted by Crippen LogP contribution is 2.43. The minimum absolute atomic E-state index is 0.231. The van der Waals surface area contributed by atoms with Crippen LogP contribution in [0.15, 0.2) is 36.7 Å². The van der Waals surface area contributed by atoms with Gasteiger partial charge in [-0.05, 0) is 24.1 Å².